The Hall–Kier alpha value is -1.66. The fourth-order valence-electron chi connectivity index (χ4n) is 3.24. The smallest absolute Gasteiger partial charge is 0.255 e. The first-order valence-corrected chi connectivity index (χ1v) is 10.1. The maximum Gasteiger partial charge on any atom is 0.255 e. The first-order chi connectivity index (χ1) is 12.6. The summed E-state index contributed by atoms with van der Waals surface area (Å²) in [4.78, 5) is 20.7. The van der Waals surface area contributed by atoms with Crippen molar-refractivity contribution in [2.24, 2.45) is 0 Å². The van der Waals surface area contributed by atoms with Gasteiger partial charge in [0.15, 0.2) is 0 Å². The van der Waals surface area contributed by atoms with Crippen molar-refractivity contribution in [3.63, 3.8) is 0 Å². The number of carbonyl (C=O) groups excluding carboxylic acids is 1. The van der Waals surface area contributed by atoms with E-state index in [-0.39, 0.29) is 5.91 Å². The Morgan fingerprint density at radius 2 is 1.92 bits per heavy atom. The van der Waals surface area contributed by atoms with Gasteiger partial charge in [-0.15, -0.1) is 11.3 Å². The van der Waals surface area contributed by atoms with Crippen LogP contribution >= 0.6 is 34.5 Å². The third kappa shape index (κ3) is 3.71. The highest BCUT2D eigenvalue weighted by Crippen LogP contribution is 2.23. The molecule has 3 aromatic rings. The Balaban J connectivity index is 1.39. The molecule has 1 aliphatic rings. The Morgan fingerprint density at radius 3 is 2.69 bits per heavy atom. The maximum absolute atomic E-state index is 12.7. The number of para-hydroxylation sites is 1. The van der Waals surface area contributed by atoms with Gasteiger partial charge >= 0.3 is 0 Å². The molecule has 1 saturated heterocycles. The summed E-state index contributed by atoms with van der Waals surface area (Å²) < 4.78 is 1.23. The van der Waals surface area contributed by atoms with E-state index in [1.807, 2.05) is 17.0 Å². The van der Waals surface area contributed by atoms with Crippen LogP contribution in [-0.4, -0.2) is 42.0 Å². The number of carbonyl (C=O) groups is 1. The molecule has 134 valence electrons. The number of thiazole rings is 1. The molecular weight excluding hydrogens is 389 g/mol. The first-order valence-electron chi connectivity index (χ1n) is 8.52. The predicted octanol–water partition coefficient (Wildman–Crippen LogP) is 3.14. The van der Waals surface area contributed by atoms with E-state index in [1.54, 1.807) is 29.5 Å². The zero-order chi connectivity index (χ0) is 18.1. The van der Waals surface area contributed by atoms with E-state index in [0.717, 1.165) is 30.2 Å². The molecular formula is C19H18Cl2N3OS+. The number of benzene rings is 2. The van der Waals surface area contributed by atoms with Gasteiger partial charge in [-0.2, -0.15) is 0 Å². The van der Waals surface area contributed by atoms with Gasteiger partial charge in [0.05, 0.1) is 47.0 Å². The van der Waals surface area contributed by atoms with Crippen LogP contribution in [-0.2, 0) is 6.54 Å². The van der Waals surface area contributed by atoms with E-state index in [9.17, 15) is 4.79 Å². The first kappa shape index (κ1) is 17.7. The molecule has 0 saturated carbocycles. The molecule has 2 heterocycles. The van der Waals surface area contributed by atoms with Crippen LogP contribution in [0.25, 0.3) is 10.2 Å². The number of halogens is 2. The van der Waals surface area contributed by atoms with Crippen LogP contribution in [0.4, 0.5) is 0 Å². The highest BCUT2D eigenvalue weighted by molar-refractivity contribution is 7.18. The monoisotopic (exact) mass is 406 g/mol. The van der Waals surface area contributed by atoms with Gasteiger partial charge in [-0.3, -0.25) is 4.79 Å². The molecule has 0 bridgehead atoms. The fourth-order valence-corrected chi connectivity index (χ4v) is 4.65. The van der Waals surface area contributed by atoms with E-state index < -0.39 is 0 Å². The van der Waals surface area contributed by atoms with Crippen LogP contribution in [0.2, 0.25) is 10.0 Å². The highest BCUT2D eigenvalue weighted by atomic mass is 35.5. The van der Waals surface area contributed by atoms with Crippen molar-refractivity contribution >= 4 is 50.7 Å². The summed E-state index contributed by atoms with van der Waals surface area (Å²) in [5, 5.41) is 2.13. The summed E-state index contributed by atoms with van der Waals surface area (Å²) in [5.74, 6) is -0.0449. The highest BCUT2D eigenvalue weighted by Gasteiger charge is 2.26. The minimum atomic E-state index is -0.0449. The predicted molar refractivity (Wildman–Crippen MR) is 106 cm³/mol. The Morgan fingerprint density at radius 1 is 1.15 bits per heavy atom. The summed E-state index contributed by atoms with van der Waals surface area (Å²) in [7, 11) is 0. The number of rotatable bonds is 3. The maximum atomic E-state index is 12.7. The van der Waals surface area contributed by atoms with Gasteiger partial charge in [0.1, 0.15) is 11.6 Å². The molecule has 0 aliphatic carbocycles. The average Bonchev–Trinajstić information content (AvgIpc) is 3.06. The van der Waals surface area contributed by atoms with E-state index >= 15 is 0 Å². The van der Waals surface area contributed by atoms with Crippen molar-refractivity contribution in [2.45, 2.75) is 6.54 Å². The van der Waals surface area contributed by atoms with Crippen molar-refractivity contribution in [1.29, 1.82) is 0 Å². The number of hydrogen-bond acceptors (Lipinski definition) is 3. The standard InChI is InChI=1S/C19H17Cl2N3OS/c20-13-5-6-15(21)14(11-13)19(25)24-9-7-23(8-10-24)12-18-22-16-3-1-2-4-17(16)26-18/h1-6,11H,7-10,12H2/p+1. The second kappa shape index (κ2) is 7.53. The molecule has 7 heteroatoms. The number of amides is 1. The SMILES string of the molecule is O=C(c1cc(Cl)ccc1Cl)N1CC[NH+](Cc2nc3ccccc3s2)CC1. The third-order valence-electron chi connectivity index (χ3n) is 4.66. The van der Waals surface area contributed by atoms with Gasteiger partial charge < -0.3 is 9.80 Å². The molecule has 1 amide bonds. The van der Waals surface area contributed by atoms with Gasteiger partial charge in [-0.25, -0.2) is 4.98 Å². The zero-order valence-electron chi connectivity index (χ0n) is 14.0. The molecule has 26 heavy (non-hydrogen) atoms. The summed E-state index contributed by atoms with van der Waals surface area (Å²) in [6.07, 6.45) is 0. The van der Waals surface area contributed by atoms with Crippen molar-refractivity contribution in [3.8, 4) is 0 Å². The van der Waals surface area contributed by atoms with Crippen molar-refractivity contribution in [3.05, 3.63) is 63.1 Å². The number of nitrogens with one attached hydrogen (secondary N) is 1. The average molecular weight is 407 g/mol. The molecule has 0 atom stereocenters. The Bertz CT molecular complexity index is 918. The molecule has 2 aromatic carbocycles. The number of quaternary nitrogens is 1. The van der Waals surface area contributed by atoms with Crippen LogP contribution in [0.15, 0.2) is 42.5 Å². The molecule has 0 spiro atoms. The number of piperazine rings is 1. The van der Waals surface area contributed by atoms with Crippen molar-refractivity contribution in [2.75, 3.05) is 26.2 Å². The molecule has 1 aromatic heterocycles. The summed E-state index contributed by atoms with van der Waals surface area (Å²) >= 11 is 13.9. The van der Waals surface area contributed by atoms with E-state index in [1.165, 1.54) is 9.60 Å². The molecule has 4 nitrogen and oxygen atoms in total. The number of aromatic nitrogens is 1. The summed E-state index contributed by atoms with van der Waals surface area (Å²) in [6.45, 7) is 4.13. The number of nitrogens with zero attached hydrogens (tertiary/aromatic N) is 2. The van der Waals surface area contributed by atoms with Crippen LogP contribution in [0.1, 0.15) is 15.4 Å². The fraction of sp³-hybridized carbons (Fsp3) is 0.263. The lowest BCUT2D eigenvalue weighted by atomic mass is 10.2. The van der Waals surface area contributed by atoms with Crippen LogP contribution < -0.4 is 4.90 Å². The largest absolute Gasteiger partial charge is 0.327 e. The lowest BCUT2D eigenvalue weighted by molar-refractivity contribution is -0.917. The topological polar surface area (TPSA) is 37.6 Å². The minimum absolute atomic E-state index is 0.0449. The zero-order valence-corrected chi connectivity index (χ0v) is 16.4. The second-order valence-corrected chi connectivity index (χ2v) is 8.38. The molecule has 0 radical (unpaired) electrons. The van der Waals surface area contributed by atoms with Crippen molar-refractivity contribution < 1.29 is 9.69 Å². The van der Waals surface area contributed by atoms with Crippen LogP contribution in [0.3, 0.4) is 0 Å². The van der Waals surface area contributed by atoms with Gasteiger partial charge in [0.2, 0.25) is 0 Å². The quantitative estimate of drug-likeness (QED) is 0.725. The molecule has 4 rings (SSSR count). The van der Waals surface area contributed by atoms with E-state index in [0.29, 0.717) is 28.7 Å². The third-order valence-corrected chi connectivity index (χ3v) is 6.26. The Labute approximate surface area is 166 Å². The molecule has 1 fully saturated rings. The van der Waals surface area contributed by atoms with Gasteiger partial charge in [0.25, 0.3) is 5.91 Å². The molecule has 1 aliphatic heterocycles. The number of hydrogen-bond donors (Lipinski definition) is 1. The summed E-state index contributed by atoms with van der Waals surface area (Å²) in [5.41, 5.74) is 1.55. The normalized spacial score (nSPS) is 15.5. The van der Waals surface area contributed by atoms with Gasteiger partial charge in [-0.05, 0) is 30.3 Å². The number of fused-ring (bicyclic) bond motifs is 1. The minimum Gasteiger partial charge on any atom is -0.327 e. The van der Waals surface area contributed by atoms with Gasteiger partial charge in [0, 0.05) is 5.02 Å². The summed E-state index contributed by atoms with van der Waals surface area (Å²) in [6, 6.07) is 13.2. The lowest BCUT2D eigenvalue weighted by Crippen LogP contribution is -3.13. The van der Waals surface area contributed by atoms with E-state index in [4.69, 9.17) is 28.2 Å². The van der Waals surface area contributed by atoms with Crippen LogP contribution in [0, 0.1) is 0 Å². The Kier molecular flexibility index (Phi) is 5.14. The lowest BCUT2D eigenvalue weighted by Gasteiger charge is -2.32. The molecule has 1 N–H and O–H groups in total. The van der Waals surface area contributed by atoms with Crippen molar-refractivity contribution in [1.82, 2.24) is 9.88 Å². The van der Waals surface area contributed by atoms with Crippen LogP contribution in [0.5, 0.6) is 0 Å². The van der Waals surface area contributed by atoms with E-state index in [2.05, 4.69) is 12.1 Å². The van der Waals surface area contributed by atoms with Gasteiger partial charge in [-0.1, -0.05) is 35.3 Å². The molecule has 0 unspecified atom stereocenters. The second-order valence-electron chi connectivity index (χ2n) is 6.42.